The summed E-state index contributed by atoms with van der Waals surface area (Å²) in [6.45, 7) is 0. The molecule has 1 aliphatic rings. The zero-order valence-corrected chi connectivity index (χ0v) is 38.3. The molecule has 0 N–H and O–H groups in total. The third kappa shape index (κ3) is 6.03. The first-order valence-electron chi connectivity index (χ1n) is 24.2. The number of rotatable bonds is 7. The van der Waals surface area contributed by atoms with Crippen molar-refractivity contribution in [3.8, 4) is 61.3 Å². The minimum Gasteiger partial charge on any atom is -0.309 e. The van der Waals surface area contributed by atoms with E-state index in [0.29, 0.717) is 0 Å². The molecule has 0 saturated carbocycles. The molecule has 1 aliphatic carbocycles. The summed E-state index contributed by atoms with van der Waals surface area (Å²) < 4.78 is 2.35. The fourth-order valence-corrected chi connectivity index (χ4v) is 11.9. The van der Waals surface area contributed by atoms with Gasteiger partial charge in [0.2, 0.25) is 0 Å². The third-order valence-electron chi connectivity index (χ3n) is 14.9. The van der Waals surface area contributed by atoms with Gasteiger partial charge in [-0.2, -0.15) is 0 Å². The Kier molecular flexibility index (Phi) is 9.15. The molecule has 0 unspecified atom stereocenters. The maximum absolute atomic E-state index is 4.61. The van der Waals surface area contributed by atoms with Crippen LogP contribution in [0.15, 0.2) is 267 Å². The van der Waals surface area contributed by atoms with E-state index in [1.807, 2.05) is 12.4 Å². The fraction of sp³-hybridized carbons (Fsp3) is 0.0147. The minimum absolute atomic E-state index is 0.598. The van der Waals surface area contributed by atoms with Gasteiger partial charge in [0.1, 0.15) is 0 Å². The van der Waals surface area contributed by atoms with Crippen molar-refractivity contribution in [3.05, 3.63) is 289 Å². The van der Waals surface area contributed by atoms with Gasteiger partial charge >= 0.3 is 0 Å². The van der Waals surface area contributed by atoms with Gasteiger partial charge in [-0.1, -0.05) is 206 Å². The second kappa shape index (κ2) is 16.0. The Hall–Kier alpha value is -9.11. The van der Waals surface area contributed by atoms with Crippen LogP contribution in [0.1, 0.15) is 22.3 Å². The largest absolute Gasteiger partial charge is 0.309 e. The second-order valence-corrected chi connectivity index (χ2v) is 18.6. The molecule has 2 heteroatoms. The van der Waals surface area contributed by atoms with E-state index in [9.17, 15) is 0 Å². The Morgan fingerprint density at radius 1 is 0.300 bits per heavy atom. The number of benzene rings is 11. The number of hydrogen-bond acceptors (Lipinski definition) is 1. The van der Waals surface area contributed by atoms with E-state index in [-0.39, 0.29) is 0 Å². The van der Waals surface area contributed by atoms with E-state index in [1.54, 1.807) is 0 Å². The normalized spacial score (nSPS) is 12.7. The zero-order chi connectivity index (χ0) is 46.2. The van der Waals surface area contributed by atoms with Crippen LogP contribution in [-0.4, -0.2) is 9.55 Å². The second-order valence-electron chi connectivity index (χ2n) is 18.6. The van der Waals surface area contributed by atoms with E-state index in [2.05, 4.69) is 264 Å². The lowest BCUT2D eigenvalue weighted by Gasteiger charge is -2.34. The number of nitrogens with zero attached hydrogens (tertiary/aromatic N) is 2. The Morgan fingerprint density at radius 2 is 0.729 bits per heavy atom. The van der Waals surface area contributed by atoms with E-state index in [4.69, 9.17) is 0 Å². The van der Waals surface area contributed by atoms with Crippen LogP contribution in [-0.2, 0) is 5.41 Å². The minimum atomic E-state index is -0.598. The van der Waals surface area contributed by atoms with Gasteiger partial charge in [0.15, 0.2) is 0 Å². The van der Waals surface area contributed by atoms with Crippen molar-refractivity contribution in [1.82, 2.24) is 9.55 Å². The molecule has 11 aromatic carbocycles. The molecule has 0 amide bonds. The van der Waals surface area contributed by atoms with Crippen molar-refractivity contribution in [2.45, 2.75) is 5.41 Å². The maximum atomic E-state index is 4.61. The third-order valence-corrected chi connectivity index (χ3v) is 14.9. The van der Waals surface area contributed by atoms with Crippen LogP contribution in [0.4, 0.5) is 0 Å². The molecule has 0 bridgehead atoms. The maximum Gasteiger partial charge on any atom is 0.0713 e. The van der Waals surface area contributed by atoms with Crippen molar-refractivity contribution in [1.29, 1.82) is 0 Å². The first-order chi connectivity index (χ1) is 34.7. The Bertz CT molecular complexity index is 4100. The smallest absolute Gasteiger partial charge is 0.0713 e. The highest BCUT2D eigenvalue weighted by molar-refractivity contribution is 6.22. The number of pyridine rings is 1. The topological polar surface area (TPSA) is 17.8 Å². The molecular formula is C68H44N2. The quantitative estimate of drug-likeness (QED) is 0.146. The van der Waals surface area contributed by atoms with Crippen LogP contribution >= 0.6 is 0 Å². The van der Waals surface area contributed by atoms with E-state index < -0.39 is 5.41 Å². The van der Waals surface area contributed by atoms with Gasteiger partial charge in [0.25, 0.3) is 0 Å². The van der Waals surface area contributed by atoms with Crippen molar-refractivity contribution in [2.24, 2.45) is 0 Å². The van der Waals surface area contributed by atoms with Gasteiger partial charge in [0, 0.05) is 28.9 Å². The molecule has 2 nitrogen and oxygen atoms in total. The van der Waals surface area contributed by atoms with E-state index in [1.165, 1.54) is 105 Å². The highest BCUT2D eigenvalue weighted by Crippen LogP contribution is 2.58. The molecule has 326 valence electrons. The molecule has 2 aromatic heterocycles. The summed E-state index contributed by atoms with van der Waals surface area (Å²) in [5.41, 5.74) is 20.1. The van der Waals surface area contributed by atoms with E-state index >= 15 is 0 Å². The fourth-order valence-electron chi connectivity index (χ4n) is 11.9. The summed E-state index contributed by atoms with van der Waals surface area (Å²) in [6.07, 6.45) is 3.90. The molecule has 0 atom stereocenters. The molecule has 0 radical (unpaired) electrons. The SMILES string of the molecule is c1ccc(-c2c3ccccc3c(-c3ccccc3)c3cc(-c4ccc5c(c4)C(c4ccccc4)(c4ccccc4)c4cc(-c6ccc7c(c6)c6cnccc6n7-c6ccccc6)ccc4-5)ccc23)cc1. The average molecular weight is 889 g/mol. The summed E-state index contributed by atoms with van der Waals surface area (Å²) in [6, 6.07) is 94.3. The zero-order valence-electron chi connectivity index (χ0n) is 38.3. The lowest BCUT2D eigenvalue weighted by molar-refractivity contribution is 0.769. The monoisotopic (exact) mass is 888 g/mol. The average Bonchev–Trinajstić information content (AvgIpc) is 3.93. The number of fused-ring (bicyclic) bond motifs is 8. The van der Waals surface area contributed by atoms with Crippen molar-refractivity contribution in [2.75, 3.05) is 0 Å². The van der Waals surface area contributed by atoms with Crippen LogP contribution in [0, 0.1) is 0 Å². The Morgan fingerprint density at radius 3 is 1.30 bits per heavy atom. The first-order valence-corrected chi connectivity index (χ1v) is 24.2. The van der Waals surface area contributed by atoms with Gasteiger partial charge in [0.05, 0.1) is 16.4 Å². The predicted molar refractivity (Wildman–Crippen MR) is 293 cm³/mol. The molecule has 0 spiro atoms. The summed E-state index contributed by atoms with van der Waals surface area (Å²) in [5, 5.41) is 7.32. The molecule has 14 rings (SSSR count). The molecule has 0 saturated heterocycles. The lowest BCUT2D eigenvalue weighted by atomic mass is 9.67. The van der Waals surface area contributed by atoms with Crippen LogP contribution in [0.5, 0.6) is 0 Å². The molecule has 2 heterocycles. The van der Waals surface area contributed by atoms with Crippen LogP contribution in [0.3, 0.4) is 0 Å². The molecule has 70 heavy (non-hydrogen) atoms. The van der Waals surface area contributed by atoms with Crippen molar-refractivity contribution in [3.63, 3.8) is 0 Å². The summed E-state index contributed by atoms with van der Waals surface area (Å²) in [4.78, 5) is 4.61. The number of aromatic nitrogens is 2. The number of para-hydroxylation sites is 1. The highest BCUT2D eigenvalue weighted by Gasteiger charge is 2.46. The molecule has 0 aliphatic heterocycles. The Balaban J connectivity index is 0.993. The number of hydrogen-bond donors (Lipinski definition) is 0. The lowest BCUT2D eigenvalue weighted by Crippen LogP contribution is -2.28. The molecule has 0 fully saturated rings. The van der Waals surface area contributed by atoms with E-state index in [0.717, 1.165) is 22.1 Å². The summed E-state index contributed by atoms with van der Waals surface area (Å²) in [5.74, 6) is 0. The van der Waals surface area contributed by atoms with Gasteiger partial charge in [-0.05, 0) is 148 Å². The standard InChI is InChI=1S/C68H44N2/c1-6-18-45(19-7-1)66-56-28-16-17-29-57(56)67(46-20-8-2-9-21-46)60-41-47(32-36-58(60)66)49-30-34-54-55-35-31-50(43-63(55)68(62(54)42-49,51-22-10-3-11-23-51)52-24-12-4-13-25-52)48-33-37-64-59(40-48)61-44-69-39-38-65(61)70(64)53-26-14-5-15-27-53/h1-44H. The van der Waals surface area contributed by atoms with Gasteiger partial charge in [-0.15, -0.1) is 0 Å². The molecular weight excluding hydrogens is 845 g/mol. The summed E-state index contributed by atoms with van der Waals surface area (Å²) in [7, 11) is 0. The van der Waals surface area contributed by atoms with Gasteiger partial charge < -0.3 is 4.57 Å². The predicted octanol–water partition coefficient (Wildman–Crippen LogP) is 17.5. The summed E-state index contributed by atoms with van der Waals surface area (Å²) >= 11 is 0. The highest BCUT2D eigenvalue weighted by atomic mass is 15.0. The van der Waals surface area contributed by atoms with Crippen LogP contribution in [0.25, 0.3) is 105 Å². The van der Waals surface area contributed by atoms with Crippen LogP contribution < -0.4 is 0 Å². The first kappa shape index (κ1) is 40.0. The molecule has 13 aromatic rings. The van der Waals surface area contributed by atoms with Gasteiger partial charge in [-0.3, -0.25) is 4.98 Å². The van der Waals surface area contributed by atoms with Crippen LogP contribution in [0.2, 0.25) is 0 Å². The van der Waals surface area contributed by atoms with Crippen molar-refractivity contribution >= 4 is 43.4 Å². The van der Waals surface area contributed by atoms with Crippen molar-refractivity contribution < 1.29 is 0 Å². The Labute approximate surface area is 407 Å². The van der Waals surface area contributed by atoms with Gasteiger partial charge in [-0.25, -0.2) is 0 Å².